The van der Waals surface area contributed by atoms with E-state index in [4.69, 9.17) is 0 Å². The highest BCUT2D eigenvalue weighted by Crippen LogP contribution is 2.20. The molecule has 1 aliphatic rings. The molecule has 0 N–H and O–H groups in total. The molecule has 1 aliphatic heterocycles. The first-order chi connectivity index (χ1) is 7.52. The molecule has 1 heterocycles. The summed E-state index contributed by atoms with van der Waals surface area (Å²) in [5.74, 6) is 0.170. The Morgan fingerprint density at radius 1 is 1.25 bits per heavy atom. The highest BCUT2D eigenvalue weighted by Gasteiger charge is 2.27. The van der Waals surface area contributed by atoms with Crippen molar-refractivity contribution in [3.05, 3.63) is 0 Å². The molecule has 0 spiro atoms. The lowest BCUT2D eigenvalue weighted by molar-refractivity contribution is -0.118. The Morgan fingerprint density at radius 2 is 1.94 bits per heavy atom. The zero-order valence-electron chi connectivity index (χ0n) is 10.5. The van der Waals surface area contributed by atoms with Gasteiger partial charge in [0.05, 0.1) is 0 Å². The molecule has 92 valence electrons. The van der Waals surface area contributed by atoms with Crippen LogP contribution in [-0.2, 0) is 4.79 Å². The van der Waals surface area contributed by atoms with Gasteiger partial charge in [0.1, 0.15) is 5.78 Å². The summed E-state index contributed by atoms with van der Waals surface area (Å²) in [7, 11) is 3.52. The second-order valence-electron chi connectivity index (χ2n) is 4.78. The molecule has 0 aromatic heterocycles. The highest BCUT2D eigenvalue weighted by atomic mass is 16.2. The third kappa shape index (κ3) is 3.51. The van der Waals surface area contributed by atoms with Crippen LogP contribution in [0.4, 0.5) is 4.79 Å². The Bertz CT molecular complexity index is 264. The quantitative estimate of drug-likeness (QED) is 0.721. The number of carbonyl (C=O) groups excluding carboxylic acids is 2. The zero-order valence-corrected chi connectivity index (χ0v) is 10.5. The molecular weight excluding hydrogens is 204 g/mol. The molecular formula is C12H22N2O2. The van der Waals surface area contributed by atoms with Crippen molar-refractivity contribution in [2.45, 2.75) is 45.1 Å². The summed E-state index contributed by atoms with van der Waals surface area (Å²) in [5.41, 5.74) is 0. The van der Waals surface area contributed by atoms with Crippen LogP contribution < -0.4 is 0 Å². The molecule has 1 saturated heterocycles. The minimum Gasteiger partial charge on any atom is -0.331 e. The number of amides is 2. The maximum atomic E-state index is 12.0. The van der Waals surface area contributed by atoms with Crippen molar-refractivity contribution in [1.82, 2.24) is 9.80 Å². The van der Waals surface area contributed by atoms with Gasteiger partial charge < -0.3 is 9.80 Å². The predicted octanol–water partition coefficient (Wildman–Crippen LogP) is 1.89. The number of nitrogens with zero attached hydrogens (tertiary/aromatic N) is 2. The maximum absolute atomic E-state index is 12.0. The molecule has 16 heavy (non-hydrogen) atoms. The second kappa shape index (κ2) is 5.87. The number of urea groups is 1. The monoisotopic (exact) mass is 226 g/mol. The minimum absolute atomic E-state index is 0.0353. The first kappa shape index (κ1) is 13.0. The van der Waals surface area contributed by atoms with E-state index in [1.165, 1.54) is 0 Å². The number of ketones is 1. The first-order valence-electron chi connectivity index (χ1n) is 5.99. The summed E-state index contributed by atoms with van der Waals surface area (Å²) < 4.78 is 0. The van der Waals surface area contributed by atoms with Crippen LogP contribution >= 0.6 is 0 Å². The minimum atomic E-state index is 0.0353. The third-order valence-electron chi connectivity index (χ3n) is 3.03. The Kier molecular flexibility index (Phi) is 4.77. The van der Waals surface area contributed by atoms with Crippen molar-refractivity contribution in [3.8, 4) is 0 Å². The fraction of sp³-hybridized carbons (Fsp3) is 0.833. The van der Waals surface area contributed by atoms with E-state index in [1.807, 2.05) is 4.90 Å². The normalized spacial score (nSPS) is 21.4. The molecule has 1 atom stereocenters. The number of hydrogen-bond donors (Lipinski definition) is 0. The highest BCUT2D eigenvalue weighted by molar-refractivity contribution is 5.78. The van der Waals surface area contributed by atoms with Gasteiger partial charge >= 0.3 is 6.03 Å². The summed E-state index contributed by atoms with van der Waals surface area (Å²) in [6, 6.07) is 0.142. The van der Waals surface area contributed by atoms with Gasteiger partial charge in [-0.15, -0.1) is 0 Å². The van der Waals surface area contributed by atoms with Crippen molar-refractivity contribution in [2.24, 2.45) is 0 Å². The lowest BCUT2D eigenvalue weighted by atomic mass is 10.0. The standard InChI is InChI=1S/C12H22N2O2/c1-10(15)9-11-7-5-4-6-8-14(11)12(16)13(2)3/h11H,4-9H2,1-3H3. The van der Waals surface area contributed by atoms with Gasteiger partial charge in [-0.1, -0.05) is 12.8 Å². The van der Waals surface area contributed by atoms with Crippen molar-refractivity contribution < 1.29 is 9.59 Å². The smallest absolute Gasteiger partial charge is 0.319 e. The van der Waals surface area contributed by atoms with E-state index >= 15 is 0 Å². The SMILES string of the molecule is CC(=O)CC1CCCCCN1C(=O)N(C)C. The summed E-state index contributed by atoms with van der Waals surface area (Å²) >= 11 is 0. The van der Waals surface area contributed by atoms with Crippen LogP contribution in [0, 0.1) is 0 Å². The van der Waals surface area contributed by atoms with E-state index in [1.54, 1.807) is 25.9 Å². The van der Waals surface area contributed by atoms with E-state index in [2.05, 4.69) is 0 Å². The average molecular weight is 226 g/mol. The summed E-state index contributed by atoms with van der Waals surface area (Å²) in [4.78, 5) is 26.7. The van der Waals surface area contributed by atoms with Crippen LogP contribution in [0.5, 0.6) is 0 Å². The molecule has 0 bridgehead atoms. The van der Waals surface area contributed by atoms with Gasteiger partial charge in [-0.25, -0.2) is 4.79 Å². The summed E-state index contributed by atoms with van der Waals surface area (Å²) in [6.45, 7) is 2.39. The Morgan fingerprint density at radius 3 is 2.50 bits per heavy atom. The van der Waals surface area contributed by atoms with Gasteiger partial charge in [0.25, 0.3) is 0 Å². The number of Topliss-reactive ketones (excluding diaryl/α,β-unsaturated/α-hetero) is 1. The maximum Gasteiger partial charge on any atom is 0.319 e. The van der Waals surface area contributed by atoms with E-state index in [9.17, 15) is 9.59 Å². The van der Waals surface area contributed by atoms with Crippen molar-refractivity contribution >= 4 is 11.8 Å². The van der Waals surface area contributed by atoms with Crippen LogP contribution in [0.2, 0.25) is 0 Å². The molecule has 1 fully saturated rings. The largest absolute Gasteiger partial charge is 0.331 e. The Balaban J connectivity index is 2.72. The third-order valence-corrected chi connectivity index (χ3v) is 3.03. The zero-order chi connectivity index (χ0) is 12.1. The fourth-order valence-electron chi connectivity index (χ4n) is 2.23. The van der Waals surface area contributed by atoms with Crippen molar-refractivity contribution in [2.75, 3.05) is 20.6 Å². The van der Waals surface area contributed by atoms with Crippen LogP contribution in [-0.4, -0.2) is 48.3 Å². The second-order valence-corrected chi connectivity index (χ2v) is 4.78. The van der Waals surface area contributed by atoms with Gasteiger partial charge in [-0.05, 0) is 19.8 Å². The Hall–Kier alpha value is -1.06. The van der Waals surface area contributed by atoms with E-state index in [-0.39, 0.29) is 17.9 Å². The van der Waals surface area contributed by atoms with Crippen LogP contribution in [0.3, 0.4) is 0 Å². The van der Waals surface area contributed by atoms with Gasteiger partial charge in [0.15, 0.2) is 0 Å². The van der Waals surface area contributed by atoms with Crippen molar-refractivity contribution in [1.29, 1.82) is 0 Å². The van der Waals surface area contributed by atoms with Crippen LogP contribution in [0.25, 0.3) is 0 Å². The lowest BCUT2D eigenvalue weighted by Gasteiger charge is -2.31. The van der Waals surface area contributed by atoms with Gasteiger partial charge in [-0.3, -0.25) is 4.79 Å². The molecule has 4 nitrogen and oxygen atoms in total. The van der Waals surface area contributed by atoms with Gasteiger partial charge in [-0.2, -0.15) is 0 Å². The number of hydrogen-bond acceptors (Lipinski definition) is 2. The number of likely N-dealkylation sites (tertiary alicyclic amines) is 1. The molecule has 1 unspecified atom stereocenters. The average Bonchev–Trinajstić information content (AvgIpc) is 2.41. The first-order valence-corrected chi connectivity index (χ1v) is 5.99. The number of carbonyl (C=O) groups is 2. The molecule has 0 aliphatic carbocycles. The molecule has 0 saturated carbocycles. The van der Waals surface area contributed by atoms with Gasteiger partial charge in [0.2, 0.25) is 0 Å². The topological polar surface area (TPSA) is 40.6 Å². The van der Waals surface area contributed by atoms with Crippen molar-refractivity contribution in [3.63, 3.8) is 0 Å². The number of rotatable bonds is 2. The summed E-state index contributed by atoms with van der Waals surface area (Å²) in [6.07, 6.45) is 4.79. The fourth-order valence-corrected chi connectivity index (χ4v) is 2.23. The molecule has 0 aromatic rings. The summed E-state index contributed by atoms with van der Waals surface area (Å²) in [5, 5.41) is 0. The molecule has 1 rings (SSSR count). The van der Waals surface area contributed by atoms with Crippen LogP contribution in [0.1, 0.15) is 39.0 Å². The lowest BCUT2D eigenvalue weighted by Crippen LogP contribution is -2.46. The Labute approximate surface area is 97.6 Å². The molecule has 2 amide bonds. The van der Waals surface area contributed by atoms with Crippen LogP contribution in [0.15, 0.2) is 0 Å². The molecule has 0 radical (unpaired) electrons. The molecule has 0 aromatic carbocycles. The predicted molar refractivity (Wildman–Crippen MR) is 63.3 cm³/mol. The van der Waals surface area contributed by atoms with E-state index < -0.39 is 0 Å². The van der Waals surface area contributed by atoms with Gasteiger partial charge in [0, 0.05) is 33.1 Å². The van der Waals surface area contributed by atoms with E-state index in [0.717, 1.165) is 32.2 Å². The molecule has 4 heteroatoms. The van der Waals surface area contributed by atoms with E-state index in [0.29, 0.717) is 6.42 Å².